The lowest BCUT2D eigenvalue weighted by molar-refractivity contribution is -0.155. The van der Waals surface area contributed by atoms with Crippen LogP contribution in [0.1, 0.15) is 128 Å². The molecule has 0 heterocycles. The molecule has 0 spiro atoms. The van der Waals surface area contributed by atoms with Crippen LogP contribution in [0.15, 0.2) is 11.6 Å². The first-order chi connectivity index (χ1) is 16.7. The van der Waals surface area contributed by atoms with Crippen LogP contribution < -0.4 is 5.73 Å². The van der Waals surface area contributed by atoms with Crippen molar-refractivity contribution < 1.29 is 9.59 Å². The van der Waals surface area contributed by atoms with Crippen LogP contribution in [0.3, 0.4) is 0 Å². The first kappa shape index (κ1) is 31.7. The monoisotopic (exact) mass is 512 g/mol. The molecule has 0 aromatic carbocycles. The molecule has 0 unspecified atom stereocenters. The fraction of sp³-hybridized carbons (Fsp3) is 0.848. The molecule has 4 heteroatoms. The number of nitrogens with zero attached hydrogens (tertiary/aromatic N) is 1. The van der Waals surface area contributed by atoms with Gasteiger partial charge in [-0.25, -0.2) is 0 Å². The van der Waals surface area contributed by atoms with E-state index in [1.165, 1.54) is 12.8 Å². The van der Waals surface area contributed by atoms with Gasteiger partial charge in [0.2, 0.25) is 0 Å². The van der Waals surface area contributed by atoms with Crippen LogP contribution in [0.25, 0.3) is 0 Å². The normalized spacial score (nSPS) is 31.6. The summed E-state index contributed by atoms with van der Waals surface area (Å²) < 4.78 is 0. The Balaban J connectivity index is 2.47. The SMILES string of the molecule is CCC(C)(C)CC[C@](C)(CN)CCC(C)(C)[C@]1(C)CC[C@H]2C(C)(C)C(=O)C(C#N)=C[C@]2(C)[C@H]1CC(C)=O. The van der Waals surface area contributed by atoms with Crippen LogP contribution in [0.4, 0.5) is 0 Å². The molecule has 2 rings (SSSR count). The Labute approximate surface area is 228 Å². The van der Waals surface area contributed by atoms with Crippen molar-refractivity contribution in [3.05, 3.63) is 11.6 Å². The molecule has 4 nitrogen and oxygen atoms in total. The van der Waals surface area contributed by atoms with E-state index < -0.39 is 5.41 Å². The molecular formula is C33H56N2O2. The van der Waals surface area contributed by atoms with Crippen LogP contribution in [-0.4, -0.2) is 18.1 Å². The Morgan fingerprint density at radius 3 is 2.14 bits per heavy atom. The Bertz CT molecular complexity index is 952. The fourth-order valence-corrected chi connectivity index (χ4v) is 7.75. The van der Waals surface area contributed by atoms with Crippen molar-refractivity contribution in [3.8, 4) is 6.07 Å². The molecule has 0 aromatic rings. The molecule has 0 radical (unpaired) electrons. The van der Waals surface area contributed by atoms with Gasteiger partial charge < -0.3 is 10.5 Å². The number of hydrogen-bond donors (Lipinski definition) is 1. The van der Waals surface area contributed by atoms with Crippen LogP contribution in [0.5, 0.6) is 0 Å². The van der Waals surface area contributed by atoms with Crippen LogP contribution in [0, 0.1) is 55.7 Å². The zero-order valence-corrected chi connectivity index (χ0v) is 25.9. The summed E-state index contributed by atoms with van der Waals surface area (Å²) in [6.45, 7) is 25.1. The minimum absolute atomic E-state index is 0.0377. The number of ketones is 2. The number of carbonyl (C=O) groups is 2. The topological polar surface area (TPSA) is 83.9 Å². The maximum atomic E-state index is 13.2. The molecule has 0 amide bonds. The van der Waals surface area contributed by atoms with Gasteiger partial charge in [0.05, 0.1) is 5.57 Å². The van der Waals surface area contributed by atoms with Gasteiger partial charge in [-0.15, -0.1) is 0 Å². The van der Waals surface area contributed by atoms with Gasteiger partial charge in [0.25, 0.3) is 0 Å². The van der Waals surface area contributed by atoms with Crippen LogP contribution >= 0.6 is 0 Å². The summed E-state index contributed by atoms with van der Waals surface area (Å²) in [6, 6.07) is 2.20. The van der Waals surface area contributed by atoms with E-state index in [0.717, 1.165) is 32.1 Å². The van der Waals surface area contributed by atoms with Crippen molar-refractivity contribution in [1.29, 1.82) is 5.26 Å². The third-order valence-corrected chi connectivity index (χ3v) is 11.7. The summed E-state index contributed by atoms with van der Waals surface area (Å²) in [5.41, 5.74) is 5.91. The van der Waals surface area contributed by atoms with Crippen LogP contribution in [0.2, 0.25) is 0 Å². The predicted molar refractivity (Wildman–Crippen MR) is 154 cm³/mol. The van der Waals surface area contributed by atoms with E-state index in [1.54, 1.807) is 6.92 Å². The highest BCUT2D eigenvalue weighted by molar-refractivity contribution is 6.04. The lowest BCUT2D eigenvalue weighted by Crippen LogP contribution is -2.60. The van der Waals surface area contributed by atoms with Gasteiger partial charge in [-0.3, -0.25) is 4.79 Å². The van der Waals surface area contributed by atoms with E-state index in [2.05, 4.69) is 61.5 Å². The maximum absolute atomic E-state index is 13.2. The van der Waals surface area contributed by atoms with Gasteiger partial charge in [-0.05, 0) is 90.9 Å². The summed E-state index contributed by atoms with van der Waals surface area (Å²) in [5.74, 6) is 0.313. The van der Waals surface area contributed by atoms with E-state index in [4.69, 9.17) is 5.73 Å². The molecule has 1 saturated carbocycles. The van der Waals surface area contributed by atoms with E-state index in [-0.39, 0.29) is 50.6 Å². The van der Waals surface area contributed by atoms with Gasteiger partial charge in [0.15, 0.2) is 5.78 Å². The minimum Gasteiger partial charge on any atom is -0.330 e. The number of nitrogens with two attached hydrogens (primary N) is 1. The van der Waals surface area contributed by atoms with Gasteiger partial charge in [-0.1, -0.05) is 81.7 Å². The molecule has 2 aliphatic carbocycles. The molecule has 0 aromatic heterocycles. The molecule has 5 atom stereocenters. The van der Waals surface area contributed by atoms with E-state index >= 15 is 0 Å². The number of allylic oxidation sites excluding steroid dienone is 2. The van der Waals surface area contributed by atoms with Crippen molar-refractivity contribution in [1.82, 2.24) is 0 Å². The highest BCUT2D eigenvalue weighted by Crippen LogP contribution is 2.68. The van der Waals surface area contributed by atoms with Crippen molar-refractivity contribution in [2.24, 2.45) is 50.1 Å². The van der Waals surface area contributed by atoms with Crippen molar-refractivity contribution in [3.63, 3.8) is 0 Å². The summed E-state index contributed by atoms with van der Waals surface area (Å²) in [5, 5.41) is 9.87. The van der Waals surface area contributed by atoms with E-state index in [0.29, 0.717) is 18.4 Å². The first-order valence-electron chi connectivity index (χ1n) is 14.6. The summed E-state index contributed by atoms with van der Waals surface area (Å²) in [7, 11) is 0. The highest BCUT2D eigenvalue weighted by Gasteiger charge is 2.63. The third-order valence-electron chi connectivity index (χ3n) is 11.7. The number of fused-ring (bicyclic) bond motifs is 1. The standard InChI is InChI=1S/C33H56N2O2/c1-12-28(3,4)15-17-31(9,22-35)18-16-29(5,6)33(11)14-13-25-30(7,8)27(37)24(21-34)20-32(25,10)26(33)19-23(2)36/h20,25-26H,12-19,22,35H2,1-11H3/t25-,26+,31-,32-,33+/m0/s1. The average molecular weight is 513 g/mol. The van der Waals surface area contributed by atoms with Gasteiger partial charge in [0, 0.05) is 11.8 Å². The molecular weight excluding hydrogens is 456 g/mol. The van der Waals surface area contributed by atoms with Gasteiger partial charge in [0.1, 0.15) is 11.9 Å². The second-order valence-corrected chi connectivity index (χ2v) is 15.5. The summed E-state index contributed by atoms with van der Waals surface area (Å²) in [6.07, 6.45) is 9.91. The second kappa shape index (κ2) is 10.6. The number of carbonyl (C=O) groups excluding carboxylic acids is 2. The smallest absolute Gasteiger partial charge is 0.178 e. The van der Waals surface area contributed by atoms with Crippen molar-refractivity contribution in [2.75, 3.05) is 6.54 Å². The molecule has 2 N–H and O–H groups in total. The Kier molecular flexibility index (Phi) is 9.09. The number of rotatable bonds is 11. The number of hydrogen-bond acceptors (Lipinski definition) is 4. The molecule has 37 heavy (non-hydrogen) atoms. The fourth-order valence-electron chi connectivity index (χ4n) is 7.75. The third kappa shape index (κ3) is 5.93. The van der Waals surface area contributed by atoms with Crippen molar-refractivity contribution >= 4 is 11.6 Å². The van der Waals surface area contributed by atoms with E-state index in [1.807, 2.05) is 19.9 Å². The minimum atomic E-state index is -0.612. The lowest BCUT2D eigenvalue weighted by Gasteiger charge is -2.64. The quantitative estimate of drug-likeness (QED) is 0.303. The molecule has 0 saturated heterocycles. The highest BCUT2D eigenvalue weighted by atomic mass is 16.1. The summed E-state index contributed by atoms with van der Waals surface area (Å²) >= 11 is 0. The molecule has 210 valence electrons. The summed E-state index contributed by atoms with van der Waals surface area (Å²) in [4.78, 5) is 25.9. The Morgan fingerprint density at radius 1 is 1.08 bits per heavy atom. The molecule has 0 aliphatic heterocycles. The maximum Gasteiger partial charge on any atom is 0.178 e. The first-order valence-corrected chi connectivity index (χ1v) is 14.6. The second-order valence-electron chi connectivity index (χ2n) is 15.5. The van der Waals surface area contributed by atoms with Crippen LogP contribution in [-0.2, 0) is 9.59 Å². The van der Waals surface area contributed by atoms with Crippen molar-refractivity contribution in [2.45, 2.75) is 128 Å². The number of Topliss-reactive ketones (excluding diaryl/α,β-unsaturated/α-hetero) is 2. The van der Waals surface area contributed by atoms with E-state index in [9.17, 15) is 14.9 Å². The Morgan fingerprint density at radius 2 is 1.65 bits per heavy atom. The van der Waals surface area contributed by atoms with Gasteiger partial charge >= 0.3 is 0 Å². The molecule has 0 bridgehead atoms. The predicted octanol–water partition coefficient (Wildman–Crippen LogP) is 8.05. The largest absolute Gasteiger partial charge is 0.330 e. The zero-order chi connectivity index (χ0) is 28.7. The molecule has 1 fully saturated rings. The lowest BCUT2D eigenvalue weighted by atomic mass is 9.39. The zero-order valence-electron chi connectivity index (χ0n) is 25.9. The van der Waals surface area contributed by atoms with Gasteiger partial charge in [-0.2, -0.15) is 5.26 Å². The Hall–Kier alpha value is -1.47. The number of nitriles is 1. The average Bonchev–Trinajstić information content (AvgIpc) is 2.81. The molecule has 2 aliphatic rings.